The predicted octanol–water partition coefficient (Wildman–Crippen LogP) is 0.851. The van der Waals surface area contributed by atoms with Crippen LogP contribution in [0.5, 0.6) is 0 Å². The van der Waals surface area contributed by atoms with Crippen molar-refractivity contribution in [1.82, 2.24) is 20.3 Å². The molecule has 1 atom stereocenters. The average molecular weight is 203 g/mol. The predicted molar refractivity (Wildman–Crippen MR) is 53.3 cm³/mol. The van der Waals surface area contributed by atoms with Gasteiger partial charge in [0.2, 0.25) is 0 Å². The van der Waals surface area contributed by atoms with Gasteiger partial charge in [0.05, 0.1) is 17.4 Å². The van der Waals surface area contributed by atoms with E-state index >= 15 is 0 Å². The van der Waals surface area contributed by atoms with Crippen LogP contribution in [0.2, 0.25) is 0 Å². The Morgan fingerprint density at radius 1 is 1.46 bits per heavy atom. The highest BCUT2D eigenvalue weighted by Crippen LogP contribution is 2.16. The van der Waals surface area contributed by atoms with E-state index in [1.807, 2.05) is 11.6 Å². The Labute approximate surface area is 84.1 Å². The molecule has 1 saturated heterocycles. The molecule has 0 bridgehead atoms. The zero-order valence-corrected chi connectivity index (χ0v) is 8.77. The molecular formula is C8H15ClN4. The van der Waals surface area contributed by atoms with Crippen LogP contribution in [0.1, 0.15) is 23.9 Å². The molecule has 0 amide bonds. The van der Waals surface area contributed by atoms with Crippen molar-refractivity contribution in [3.8, 4) is 0 Å². The van der Waals surface area contributed by atoms with E-state index in [1.165, 1.54) is 12.1 Å². The van der Waals surface area contributed by atoms with Crippen LogP contribution in [0.3, 0.4) is 0 Å². The molecule has 1 aliphatic rings. The molecule has 5 heteroatoms. The third-order valence-electron chi connectivity index (χ3n) is 2.54. The standard InChI is InChI=1S/C8H14N4.ClH/c1-6-7(2)12(11-10-6)8-3-4-9-5-8;/h8-9H,3-5H2,1-2H3;1H. The van der Waals surface area contributed by atoms with Crippen LogP contribution in [-0.4, -0.2) is 28.1 Å². The monoisotopic (exact) mass is 202 g/mol. The SMILES string of the molecule is Cc1nnn(C2CCNC2)c1C.Cl. The number of aromatic nitrogens is 3. The summed E-state index contributed by atoms with van der Waals surface area (Å²) in [7, 11) is 0. The molecule has 0 aromatic carbocycles. The molecule has 1 aromatic heterocycles. The van der Waals surface area contributed by atoms with Gasteiger partial charge in [0, 0.05) is 6.54 Å². The molecule has 74 valence electrons. The zero-order valence-electron chi connectivity index (χ0n) is 7.95. The van der Waals surface area contributed by atoms with Crippen molar-refractivity contribution in [3.63, 3.8) is 0 Å². The molecule has 13 heavy (non-hydrogen) atoms. The molecule has 0 spiro atoms. The fourth-order valence-corrected chi connectivity index (χ4v) is 1.62. The molecule has 1 unspecified atom stereocenters. The summed E-state index contributed by atoms with van der Waals surface area (Å²) in [4.78, 5) is 0. The topological polar surface area (TPSA) is 42.7 Å². The lowest BCUT2D eigenvalue weighted by molar-refractivity contribution is 0.466. The Bertz CT molecular complexity index is 278. The van der Waals surface area contributed by atoms with Gasteiger partial charge in [-0.15, -0.1) is 17.5 Å². The van der Waals surface area contributed by atoms with E-state index in [9.17, 15) is 0 Å². The van der Waals surface area contributed by atoms with Crippen molar-refractivity contribution in [2.75, 3.05) is 13.1 Å². The van der Waals surface area contributed by atoms with Crippen molar-refractivity contribution in [2.24, 2.45) is 0 Å². The lowest BCUT2D eigenvalue weighted by Crippen LogP contribution is -2.15. The van der Waals surface area contributed by atoms with Gasteiger partial charge < -0.3 is 5.32 Å². The van der Waals surface area contributed by atoms with Gasteiger partial charge in [-0.3, -0.25) is 0 Å². The van der Waals surface area contributed by atoms with Crippen LogP contribution in [0.25, 0.3) is 0 Å². The van der Waals surface area contributed by atoms with Gasteiger partial charge >= 0.3 is 0 Å². The first-order valence-electron chi connectivity index (χ1n) is 4.38. The summed E-state index contributed by atoms with van der Waals surface area (Å²) in [5.74, 6) is 0. The summed E-state index contributed by atoms with van der Waals surface area (Å²) in [5, 5.41) is 11.5. The molecule has 1 N–H and O–H groups in total. The molecule has 4 nitrogen and oxygen atoms in total. The van der Waals surface area contributed by atoms with Gasteiger partial charge in [0.15, 0.2) is 0 Å². The molecule has 0 saturated carbocycles. The molecule has 1 aliphatic heterocycles. The Hall–Kier alpha value is -0.610. The lowest BCUT2D eigenvalue weighted by Gasteiger charge is -2.09. The van der Waals surface area contributed by atoms with Gasteiger partial charge in [-0.2, -0.15) is 0 Å². The molecule has 0 radical (unpaired) electrons. The van der Waals surface area contributed by atoms with E-state index in [0.717, 1.165) is 18.8 Å². The number of halogens is 1. The molecule has 0 aliphatic carbocycles. The van der Waals surface area contributed by atoms with Crippen LogP contribution < -0.4 is 5.32 Å². The number of hydrogen-bond acceptors (Lipinski definition) is 3. The van der Waals surface area contributed by atoms with Crippen LogP contribution in [0, 0.1) is 13.8 Å². The van der Waals surface area contributed by atoms with Crippen molar-refractivity contribution in [1.29, 1.82) is 0 Å². The number of rotatable bonds is 1. The third-order valence-corrected chi connectivity index (χ3v) is 2.54. The summed E-state index contributed by atoms with van der Waals surface area (Å²) >= 11 is 0. The number of nitrogens with zero attached hydrogens (tertiary/aromatic N) is 3. The highest BCUT2D eigenvalue weighted by molar-refractivity contribution is 5.85. The minimum atomic E-state index is 0. The maximum atomic E-state index is 4.12. The van der Waals surface area contributed by atoms with Crippen molar-refractivity contribution in [2.45, 2.75) is 26.3 Å². The van der Waals surface area contributed by atoms with Crippen molar-refractivity contribution < 1.29 is 0 Å². The Morgan fingerprint density at radius 3 is 2.69 bits per heavy atom. The maximum Gasteiger partial charge on any atom is 0.0825 e. The minimum absolute atomic E-state index is 0. The molecule has 2 rings (SSSR count). The van der Waals surface area contributed by atoms with E-state index < -0.39 is 0 Å². The maximum absolute atomic E-state index is 4.12. The largest absolute Gasteiger partial charge is 0.315 e. The first-order chi connectivity index (χ1) is 5.79. The van der Waals surface area contributed by atoms with Gasteiger partial charge in [0.1, 0.15) is 0 Å². The van der Waals surface area contributed by atoms with E-state index in [1.54, 1.807) is 0 Å². The summed E-state index contributed by atoms with van der Waals surface area (Å²) < 4.78 is 2.04. The van der Waals surface area contributed by atoms with Crippen molar-refractivity contribution in [3.05, 3.63) is 11.4 Å². The van der Waals surface area contributed by atoms with Gasteiger partial charge in [-0.05, 0) is 26.8 Å². The Morgan fingerprint density at radius 2 is 2.23 bits per heavy atom. The minimum Gasteiger partial charge on any atom is -0.315 e. The van der Waals surface area contributed by atoms with Crippen LogP contribution in [0.4, 0.5) is 0 Å². The first-order valence-corrected chi connectivity index (χ1v) is 4.38. The van der Waals surface area contributed by atoms with Gasteiger partial charge in [-0.25, -0.2) is 4.68 Å². The molecular weight excluding hydrogens is 188 g/mol. The molecule has 1 fully saturated rings. The molecule has 1 aromatic rings. The lowest BCUT2D eigenvalue weighted by atomic mass is 10.2. The number of nitrogens with one attached hydrogen (secondary N) is 1. The highest BCUT2D eigenvalue weighted by Gasteiger charge is 2.19. The van der Waals surface area contributed by atoms with Crippen LogP contribution in [0.15, 0.2) is 0 Å². The normalized spacial score (nSPS) is 21.5. The fourth-order valence-electron chi connectivity index (χ4n) is 1.62. The second-order valence-electron chi connectivity index (χ2n) is 3.35. The van der Waals surface area contributed by atoms with Gasteiger partial charge in [0.25, 0.3) is 0 Å². The average Bonchev–Trinajstić information content (AvgIpc) is 2.64. The fraction of sp³-hybridized carbons (Fsp3) is 0.750. The smallest absolute Gasteiger partial charge is 0.0825 e. The Kier molecular flexibility index (Phi) is 3.27. The first kappa shape index (κ1) is 10.5. The van der Waals surface area contributed by atoms with E-state index in [-0.39, 0.29) is 12.4 Å². The van der Waals surface area contributed by atoms with Crippen LogP contribution >= 0.6 is 12.4 Å². The molecule has 2 heterocycles. The van der Waals surface area contributed by atoms with E-state index in [2.05, 4.69) is 22.6 Å². The third kappa shape index (κ3) is 1.84. The second-order valence-corrected chi connectivity index (χ2v) is 3.35. The summed E-state index contributed by atoms with van der Waals surface area (Å²) in [6.45, 7) is 6.21. The Balaban J connectivity index is 0.000000845. The van der Waals surface area contributed by atoms with E-state index in [0.29, 0.717) is 6.04 Å². The highest BCUT2D eigenvalue weighted by atomic mass is 35.5. The zero-order chi connectivity index (χ0) is 8.55. The summed E-state index contributed by atoms with van der Waals surface area (Å²) in [5.41, 5.74) is 2.24. The van der Waals surface area contributed by atoms with Crippen molar-refractivity contribution >= 4 is 12.4 Å². The van der Waals surface area contributed by atoms with Gasteiger partial charge in [-0.1, -0.05) is 5.21 Å². The number of aryl methyl sites for hydroxylation is 1. The quantitative estimate of drug-likeness (QED) is 0.735. The summed E-state index contributed by atoms with van der Waals surface area (Å²) in [6, 6.07) is 0.520. The van der Waals surface area contributed by atoms with Crippen LogP contribution in [-0.2, 0) is 0 Å². The number of hydrogen-bond donors (Lipinski definition) is 1. The second kappa shape index (κ2) is 4.07. The summed E-state index contributed by atoms with van der Waals surface area (Å²) in [6.07, 6.45) is 1.17. The van der Waals surface area contributed by atoms with E-state index in [4.69, 9.17) is 0 Å².